The molecule has 2 bridgehead atoms. The van der Waals surface area contributed by atoms with Gasteiger partial charge in [-0.2, -0.15) is 0 Å². The average molecular weight is 384 g/mol. The number of phenolic OH excluding ortho intramolecular Hbond substituents is 1. The molecular weight excluding hydrogens is 342 g/mol. The molecule has 0 aromatic heterocycles. The van der Waals surface area contributed by atoms with E-state index in [1.54, 1.807) is 0 Å². The molecule has 1 N–H and O–H groups in total. The van der Waals surface area contributed by atoms with Crippen molar-refractivity contribution in [2.75, 3.05) is 6.54 Å². The molecule has 3 rings (SSSR count). The number of aromatic hydroxyl groups is 1. The Labute approximate surface area is 172 Å². The van der Waals surface area contributed by atoms with E-state index in [0.29, 0.717) is 17.1 Å². The normalized spacial score (nSPS) is 28.5. The van der Waals surface area contributed by atoms with Gasteiger partial charge in [0.15, 0.2) is 0 Å². The Morgan fingerprint density at radius 3 is 2.46 bits per heavy atom. The second-order valence-corrected chi connectivity index (χ2v) is 10.3. The lowest BCUT2D eigenvalue weighted by Crippen LogP contribution is -2.31. The van der Waals surface area contributed by atoms with E-state index in [9.17, 15) is 5.11 Å². The highest BCUT2D eigenvalue weighted by Gasteiger charge is 2.61. The molecule has 0 unspecified atom stereocenters. The van der Waals surface area contributed by atoms with Crippen molar-refractivity contribution in [3.63, 3.8) is 0 Å². The molecule has 1 aromatic carbocycles. The Hall–Kier alpha value is -1.31. The van der Waals surface area contributed by atoms with Gasteiger partial charge in [0.05, 0.1) is 0 Å². The number of benzene rings is 1. The van der Waals surface area contributed by atoms with Crippen LogP contribution in [-0.4, -0.2) is 17.9 Å². The third kappa shape index (κ3) is 3.89. The zero-order valence-electron chi connectivity index (χ0n) is 18.9. The van der Waals surface area contributed by atoms with Crippen LogP contribution in [0.4, 0.5) is 0 Å². The van der Waals surface area contributed by atoms with Crippen molar-refractivity contribution in [2.24, 2.45) is 21.7 Å². The fourth-order valence-corrected chi connectivity index (χ4v) is 6.02. The first kappa shape index (κ1) is 21.4. The standard InChI is InChI=1S/C26H41NO/c1-6-7-8-9-10-11-14-27-18-20-15-19(2)16-22(24(20)28)23-17-21-12-13-26(23,5)25(21,3)4/h15-16,18,21,23,28H,6-14,17H2,1-5H3/t21-,23-,26+/m0/s1. The number of fused-ring (bicyclic) bond motifs is 2. The number of nitrogens with zero attached hydrogens (tertiary/aromatic N) is 1. The second-order valence-electron chi connectivity index (χ2n) is 10.3. The molecule has 2 aliphatic rings. The van der Waals surface area contributed by atoms with Crippen LogP contribution in [0.1, 0.15) is 108 Å². The molecule has 1 aromatic rings. The van der Waals surface area contributed by atoms with Crippen LogP contribution >= 0.6 is 0 Å². The summed E-state index contributed by atoms with van der Waals surface area (Å²) in [6.07, 6.45) is 13.5. The molecule has 0 spiro atoms. The molecule has 2 saturated carbocycles. The fourth-order valence-electron chi connectivity index (χ4n) is 6.02. The Bertz CT molecular complexity index is 705. The summed E-state index contributed by atoms with van der Waals surface area (Å²) >= 11 is 0. The molecule has 28 heavy (non-hydrogen) atoms. The monoisotopic (exact) mass is 383 g/mol. The first-order valence-corrected chi connectivity index (χ1v) is 11.6. The molecule has 156 valence electrons. The van der Waals surface area contributed by atoms with E-state index in [2.05, 4.69) is 51.7 Å². The highest BCUT2D eigenvalue weighted by Crippen LogP contribution is 2.71. The summed E-state index contributed by atoms with van der Waals surface area (Å²) in [4.78, 5) is 4.64. The van der Waals surface area contributed by atoms with Gasteiger partial charge < -0.3 is 5.11 Å². The van der Waals surface area contributed by atoms with Crippen molar-refractivity contribution < 1.29 is 5.11 Å². The Morgan fingerprint density at radius 1 is 1.11 bits per heavy atom. The van der Waals surface area contributed by atoms with Gasteiger partial charge in [0, 0.05) is 18.3 Å². The summed E-state index contributed by atoms with van der Waals surface area (Å²) in [5.74, 6) is 1.73. The first-order chi connectivity index (χ1) is 13.3. The van der Waals surface area contributed by atoms with Crippen molar-refractivity contribution in [1.29, 1.82) is 0 Å². The highest BCUT2D eigenvalue weighted by atomic mass is 16.3. The molecule has 0 heterocycles. The van der Waals surface area contributed by atoms with Gasteiger partial charge in [-0.25, -0.2) is 0 Å². The van der Waals surface area contributed by atoms with E-state index in [4.69, 9.17) is 0 Å². The van der Waals surface area contributed by atoms with Gasteiger partial charge in [-0.05, 0) is 72.5 Å². The third-order valence-corrected chi connectivity index (χ3v) is 8.35. The lowest BCUT2D eigenvalue weighted by molar-refractivity contribution is 0.133. The minimum absolute atomic E-state index is 0.288. The molecular formula is C26H41NO. The van der Waals surface area contributed by atoms with Crippen LogP contribution in [0, 0.1) is 23.7 Å². The number of rotatable bonds is 9. The Morgan fingerprint density at radius 2 is 1.82 bits per heavy atom. The second kappa shape index (κ2) is 8.59. The van der Waals surface area contributed by atoms with E-state index in [0.717, 1.165) is 24.4 Å². The third-order valence-electron chi connectivity index (χ3n) is 8.35. The lowest BCUT2D eigenvalue weighted by atomic mass is 9.64. The van der Waals surface area contributed by atoms with Gasteiger partial charge >= 0.3 is 0 Å². The van der Waals surface area contributed by atoms with E-state index in [1.165, 1.54) is 62.5 Å². The van der Waals surface area contributed by atoms with Crippen LogP contribution in [0.15, 0.2) is 17.1 Å². The van der Waals surface area contributed by atoms with Crippen molar-refractivity contribution in [1.82, 2.24) is 0 Å². The predicted octanol–water partition coefficient (Wildman–Crippen LogP) is 7.41. The number of hydrogen-bond donors (Lipinski definition) is 1. The maximum absolute atomic E-state index is 11.1. The zero-order chi connectivity index (χ0) is 20.4. The van der Waals surface area contributed by atoms with Gasteiger partial charge in [-0.15, -0.1) is 0 Å². The Balaban J connectivity index is 1.69. The summed E-state index contributed by atoms with van der Waals surface area (Å²) in [6, 6.07) is 4.32. The van der Waals surface area contributed by atoms with Crippen molar-refractivity contribution in [2.45, 2.75) is 98.3 Å². The molecule has 0 radical (unpaired) electrons. The summed E-state index contributed by atoms with van der Waals surface area (Å²) in [6.45, 7) is 12.6. The van der Waals surface area contributed by atoms with Gasteiger partial charge in [-0.1, -0.05) is 65.9 Å². The van der Waals surface area contributed by atoms with E-state index < -0.39 is 0 Å². The molecule has 0 amide bonds. The van der Waals surface area contributed by atoms with Crippen molar-refractivity contribution in [3.8, 4) is 5.75 Å². The first-order valence-electron chi connectivity index (χ1n) is 11.6. The van der Waals surface area contributed by atoms with Crippen LogP contribution < -0.4 is 0 Å². The summed E-state index contributed by atoms with van der Waals surface area (Å²) in [5, 5.41) is 11.1. The van der Waals surface area contributed by atoms with Crippen LogP contribution in [0.5, 0.6) is 5.75 Å². The highest BCUT2D eigenvalue weighted by molar-refractivity contribution is 5.84. The van der Waals surface area contributed by atoms with E-state index >= 15 is 0 Å². The maximum atomic E-state index is 11.1. The molecule has 2 nitrogen and oxygen atoms in total. The lowest BCUT2D eigenvalue weighted by Gasteiger charge is -2.40. The zero-order valence-corrected chi connectivity index (χ0v) is 18.9. The van der Waals surface area contributed by atoms with Crippen LogP contribution in [-0.2, 0) is 0 Å². The molecule has 2 aliphatic carbocycles. The van der Waals surface area contributed by atoms with Gasteiger partial charge in [-0.3, -0.25) is 4.99 Å². The van der Waals surface area contributed by atoms with Gasteiger partial charge in [0.25, 0.3) is 0 Å². The topological polar surface area (TPSA) is 32.6 Å². The van der Waals surface area contributed by atoms with Crippen LogP contribution in [0.2, 0.25) is 0 Å². The maximum Gasteiger partial charge on any atom is 0.127 e. The minimum Gasteiger partial charge on any atom is -0.507 e. The molecule has 3 atom stereocenters. The van der Waals surface area contributed by atoms with Crippen LogP contribution in [0.25, 0.3) is 0 Å². The molecule has 2 heteroatoms. The molecule has 2 fully saturated rings. The fraction of sp³-hybridized carbons (Fsp3) is 0.731. The van der Waals surface area contributed by atoms with E-state index in [1.807, 2.05) is 6.21 Å². The summed E-state index contributed by atoms with van der Waals surface area (Å²) < 4.78 is 0. The SMILES string of the molecule is CCCCCCCCN=Cc1cc(C)cc([C@@H]2C[C@@H]3CC[C@@]2(C)C3(C)C)c1O. The molecule has 0 saturated heterocycles. The quantitative estimate of drug-likeness (QED) is 0.349. The predicted molar refractivity (Wildman–Crippen MR) is 121 cm³/mol. The molecule has 0 aliphatic heterocycles. The van der Waals surface area contributed by atoms with Gasteiger partial charge in [0.2, 0.25) is 0 Å². The Kier molecular flexibility index (Phi) is 6.57. The minimum atomic E-state index is 0.288. The van der Waals surface area contributed by atoms with Gasteiger partial charge in [0.1, 0.15) is 5.75 Å². The van der Waals surface area contributed by atoms with E-state index in [-0.39, 0.29) is 5.41 Å². The van der Waals surface area contributed by atoms with Crippen molar-refractivity contribution >= 4 is 6.21 Å². The summed E-state index contributed by atoms with van der Waals surface area (Å²) in [5.41, 5.74) is 3.96. The number of aryl methyl sites for hydroxylation is 1. The van der Waals surface area contributed by atoms with Crippen molar-refractivity contribution in [3.05, 3.63) is 28.8 Å². The number of phenols is 1. The smallest absolute Gasteiger partial charge is 0.127 e. The number of hydrogen-bond acceptors (Lipinski definition) is 2. The number of aliphatic imine (C=N–C) groups is 1. The van der Waals surface area contributed by atoms with Crippen LogP contribution in [0.3, 0.4) is 0 Å². The largest absolute Gasteiger partial charge is 0.507 e. The summed E-state index contributed by atoms with van der Waals surface area (Å²) in [7, 11) is 0. The number of unbranched alkanes of at least 4 members (excludes halogenated alkanes) is 5. The average Bonchev–Trinajstić information content (AvgIpc) is 2.99.